The van der Waals surface area contributed by atoms with Gasteiger partial charge in [-0.25, -0.2) is 23.1 Å². The number of sulfonamides is 1. The molecule has 2 heterocycles. The van der Waals surface area contributed by atoms with Crippen LogP contribution in [0.5, 0.6) is 0 Å². The summed E-state index contributed by atoms with van der Waals surface area (Å²) in [5, 5.41) is 6.43. The molecule has 0 atom stereocenters. The maximum atomic E-state index is 12.0. The van der Waals surface area contributed by atoms with Gasteiger partial charge in [0.15, 0.2) is 8.68 Å². The molecule has 0 amide bonds. The molecule has 0 bridgehead atoms. The molecule has 2 aromatic rings. The van der Waals surface area contributed by atoms with Crippen LogP contribution in [-0.2, 0) is 16.4 Å². The molecule has 7 nitrogen and oxygen atoms in total. The Bertz CT molecular complexity index is 638. The van der Waals surface area contributed by atoms with Crippen molar-refractivity contribution in [1.82, 2.24) is 24.9 Å². The third kappa shape index (κ3) is 3.72. The quantitative estimate of drug-likeness (QED) is 0.777. The number of halogens is 1. The lowest BCUT2D eigenvalue weighted by Crippen LogP contribution is -2.25. The number of hydrogen-bond donors (Lipinski definition) is 2. The third-order valence-electron chi connectivity index (χ3n) is 2.32. The summed E-state index contributed by atoms with van der Waals surface area (Å²) >= 11 is 6.65. The molecule has 0 aromatic carbocycles. The molecule has 0 unspecified atom stereocenters. The highest BCUT2D eigenvalue weighted by atomic mass is 35.5. The molecular weight excluding hydrogens is 310 g/mol. The van der Waals surface area contributed by atoms with Crippen molar-refractivity contribution in [3.63, 3.8) is 0 Å². The maximum Gasteiger partial charge on any atom is 0.251 e. The van der Waals surface area contributed by atoms with Crippen LogP contribution in [0.3, 0.4) is 0 Å². The average Bonchev–Trinajstić information content (AvgIpc) is 2.94. The zero-order valence-electron chi connectivity index (χ0n) is 10.1. The summed E-state index contributed by atoms with van der Waals surface area (Å²) in [6.07, 6.45) is 2.67. The standard InChI is InChI=1S/C9H12ClN5O2S2/c1-6-8(18-9(10)14-6)19(16,17)13-4-2-3-7-11-5-12-15-7/h5,13H,2-4H2,1H3,(H,11,12,15). The molecule has 0 saturated carbocycles. The summed E-state index contributed by atoms with van der Waals surface area (Å²) in [6.45, 7) is 1.93. The van der Waals surface area contributed by atoms with Crippen LogP contribution < -0.4 is 4.72 Å². The van der Waals surface area contributed by atoms with Crippen LogP contribution in [0.25, 0.3) is 0 Å². The van der Waals surface area contributed by atoms with Gasteiger partial charge in [0, 0.05) is 13.0 Å². The summed E-state index contributed by atoms with van der Waals surface area (Å²) in [6, 6.07) is 0. The van der Waals surface area contributed by atoms with E-state index in [9.17, 15) is 8.42 Å². The number of aryl methyl sites for hydroxylation is 2. The molecule has 0 radical (unpaired) electrons. The van der Waals surface area contributed by atoms with Crippen molar-refractivity contribution in [3.05, 3.63) is 22.3 Å². The van der Waals surface area contributed by atoms with E-state index in [1.165, 1.54) is 6.33 Å². The second-order valence-corrected chi connectivity index (χ2v) is 7.32. The largest absolute Gasteiger partial charge is 0.263 e. The van der Waals surface area contributed by atoms with E-state index in [0.29, 0.717) is 25.1 Å². The first-order valence-electron chi connectivity index (χ1n) is 5.46. The van der Waals surface area contributed by atoms with Crippen LogP contribution >= 0.6 is 22.9 Å². The van der Waals surface area contributed by atoms with Crippen molar-refractivity contribution in [2.75, 3.05) is 6.54 Å². The molecule has 2 N–H and O–H groups in total. The molecule has 0 spiro atoms. The van der Waals surface area contributed by atoms with Crippen LogP contribution in [0.1, 0.15) is 17.9 Å². The number of rotatable bonds is 6. The summed E-state index contributed by atoms with van der Waals surface area (Å²) in [4.78, 5) is 7.84. The fourth-order valence-corrected chi connectivity index (χ4v) is 4.33. The van der Waals surface area contributed by atoms with Crippen LogP contribution in [-0.4, -0.2) is 35.1 Å². The van der Waals surface area contributed by atoms with Gasteiger partial charge in [0.2, 0.25) is 0 Å². The monoisotopic (exact) mass is 321 g/mol. The minimum absolute atomic E-state index is 0.164. The highest BCUT2D eigenvalue weighted by molar-refractivity contribution is 7.91. The Morgan fingerprint density at radius 2 is 2.32 bits per heavy atom. The lowest BCUT2D eigenvalue weighted by molar-refractivity contribution is 0.579. The van der Waals surface area contributed by atoms with Gasteiger partial charge in [-0.2, -0.15) is 5.10 Å². The minimum Gasteiger partial charge on any atom is -0.263 e. The number of thiazole rings is 1. The van der Waals surface area contributed by atoms with Crippen LogP contribution in [0.2, 0.25) is 4.47 Å². The Labute approximate surface area is 119 Å². The van der Waals surface area contributed by atoms with Gasteiger partial charge in [-0.05, 0) is 13.3 Å². The topological polar surface area (TPSA) is 101 Å². The lowest BCUT2D eigenvalue weighted by Gasteiger charge is -2.04. The molecule has 0 aliphatic carbocycles. The Morgan fingerprint density at radius 3 is 2.89 bits per heavy atom. The molecule has 104 valence electrons. The zero-order valence-corrected chi connectivity index (χ0v) is 12.4. The third-order valence-corrected chi connectivity index (χ3v) is 5.65. The summed E-state index contributed by atoms with van der Waals surface area (Å²) < 4.78 is 26.9. The normalized spacial score (nSPS) is 11.9. The second kappa shape index (κ2) is 5.95. The van der Waals surface area contributed by atoms with Gasteiger partial charge in [-0.1, -0.05) is 22.9 Å². The average molecular weight is 322 g/mol. The Morgan fingerprint density at radius 1 is 1.53 bits per heavy atom. The van der Waals surface area contributed by atoms with Gasteiger partial charge < -0.3 is 0 Å². The summed E-state index contributed by atoms with van der Waals surface area (Å²) in [7, 11) is -3.54. The van der Waals surface area contributed by atoms with Gasteiger partial charge in [0.1, 0.15) is 12.2 Å². The van der Waals surface area contributed by atoms with Crippen molar-refractivity contribution in [1.29, 1.82) is 0 Å². The first-order chi connectivity index (χ1) is 8.99. The molecule has 0 fully saturated rings. The highest BCUT2D eigenvalue weighted by Gasteiger charge is 2.20. The lowest BCUT2D eigenvalue weighted by atomic mass is 10.3. The zero-order chi connectivity index (χ0) is 13.9. The van der Waals surface area contributed by atoms with Crippen molar-refractivity contribution in [2.45, 2.75) is 24.0 Å². The van der Waals surface area contributed by atoms with Gasteiger partial charge >= 0.3 is 0 Å². The molecule has 10 heteroatoms. The number of aromatic amines is 1. The number of hydrogen-bond acceptors (Lipinski definition) is 6. The number of aromatic nitrogens is 4. The van der Waals surface area contributed by atoms with Crippen molar-refractivity contribution >= 4 is 33.0 Å². The smallest absolute Gasteiger partial charge is 0.251 e. The predicted octanol–water partition coefficient (Wildman–Crippen LogP) is 1.13. The summed E-state index contributed by atoms with van der Waals surface area (Å²) in [5.74, 6) is 0.733. The molecule has 2 aromatic heterocycles. The number of nitrogens with one attached hydrogen (secondary N) is 2. The first kappa shape index (κ1) is 14.4. The highest BCUT2D eigenvalue weighted by Crippen LogP contribution is 2.26. The molecule has 0 aliphatic heterocycles. The van der Waals surface area contributed by atoms with Gasteiger partial charge in [-0.15, -0.1) is 0 Å². The fraction of sp³-hybridized carbons (Fsp3) is 0.444. The number of H-pyrrole nitrogens is 1. The number of nitrogens with zero attached hydrogens (tertiary/aromatic N) is 3. The molecule has 0 saturated heterocycles. The van der Waals surface area contributed by atoms with Crippen molar-refractivity contribution in [3.8, 4) is 0 Å². The first-order valence-corrected chi connectivity index (χ1v) is 8.13. The second-order valence-electron chi connectivity index (χ2n) is 3.77. The molecular formula is C9H12ClN5O2S2. The SMILES string of the molecule is Cc1nc(Cl)sc1S(=O)(=O)NCCCc1ncn[nH]1. The van der Waals surface area contributed by atoms with E-state index in [-0.39, 0.29) is 8.68 Å². The molecule has 2 rings (SSSR count). The fourth-order valence-electron chi connectivity index (χ4n) is 1.48. The summed E-state index contributed by atoms with van der Waals surface area (Å²) in [5.41, 5.74) is 0.415. The molecule has 19 heavy (non-hydrogen) atoms. The van der Waals surface area contributed by atoms with Crippen LogP contribution in [0, 0.1) is 6.92 Å². The minimum atomic E-state index is -3.54. The molecule has 0 aliphatic rings. The van der Waals surface area contributed by atoms with Gasteiger partial charge in [-0.3, -0.25) is 5.10 Å². The van der Waals surface area contributed by atoms with E-state index in [0.717, 1.165) is 17.2 Å². The van der Waals surface area contributed by atoms with E-state index in [2.05, 4.69) is 24.9 Å². The van der Waals surface area contributed by atoms with E-state index in [4.69, 9.17) is 11.6 Å². The van der Waals surface area contributed by atoms with E-state index >= 15 is 0 Å². The maximum absolute atomic E-state index is 12.0. The Balaban J connectivity index is 1.89. The van der Waals surface area contributed by atoms with E-state index < -0.39 is 10.0 Å². The predicted molar refractivity (Wildman–Crippen MR) is 71.8 cm³/mol. The van der Waals surface area contributed by atoms with E-state index in [1.807, 2.05) is 0 Å². The van der Waals surface area contributed by atoms with Gasteiger partial charge in [0.25, 0.3) is 10.0 Å². The van der Waals surface area contributed by atoms with Gasteiger partial charge in [0.05, 0.1) is 5.69 Å². The van der Waals surface area contributed by atoms with Crippen molar-refractivity contribution < 1.29 is 8.42 Å². The van der Waals surface area contributed by atoms with Crippen LogP contribution in [0.15, 0.2) is 10.5 Å². The van der Waals surface area contributed by atoms with Crippen molar-refractivity contribution in [2.24, 2.45) is 0 Å². The van der Waals surface area contributed by atoms with Crippen LogP contribution in [0.4, 0.5) is 0 Å². The Hall–Kier alpha value is -1.03. The Kier molecular flexibility index (Phi) is 4.50. The van der Waals surface area contributed by atoms with E-state index in [1.54, 1.807) is 6.92 Å².